The number of carbonyl (C=O) groups excluding carboxylic acids is 1. The SMILES string of the molecule is O.O=C=S(=O)=O. The maximum absolute atomic E-state index is 8.94. The lowest BCUT2D eigenvalue weighted by Crippen LogP contribution is -1.48. The van der Waals surface area contributed by atoms with Crippen LogP contribution in [-0.4, -0.2) is 19.1 Å². The van der Waals surface area contributed by atoms with Gasteiger partial charge in [-0.1, -0.05) is 0 Å². The van der Waals surface area contributed by atoms with Gasteiger partial charge in [-0.25, -0.2) is 4.79 Å². The number of rotatable bonds is 0. The molecule has 0 bridgehead atoms. The third kappa shape index (κ3) is 10.1. The quantitative estimate of drug-likeness (QED) is 0.342. The normalized spacial score (nSPS) is 4.67. The maximum atomic E-state index is 8.94. The molecule has 0 atom stereocenters. The predicted molar refractivity (Wildman–Crippen MR) is 18.2 cm³/mol. The Bertz CT molecular complexity index is 138. The van der Waals surface area contributed by atoms with Crippen molar-refractivity contribution in [2.24, 2.45) is 0 Å². The van der Waals surface area contributed by atoms with Crippen molar-refractivity contribution in [3.8, 4) is 0 Å². The maximum Gasteiger partial charge on any atom is 0.301 e. The zero-order valence-corrected chi connectivity index (χ0v) is 3.45. The van der Waals surface area contributed by atoms with Crippen LogP contribution in [0.2, 0.25) is 0 Å². The van der Waals surface area contributed by atoms with E-state index in [-0.39, 0.29) is 5.48 Å². The highest BCUT2D eigenvalue weighted by Crippen LogP contribution is 1.15. The van der Waals surface area contributed by atoms with E-state index in [0.717, 1.165) is 0 Å². The highest BCUT2D eigenvalue weighted by molar-refractivity contribution is 7.70. The van der Waals surface area contributed by atoms with E-state index >= 15 is 0 Å². The van der Waals surface area contributed by atoms with Crippen LogP contribution in [-0.2, 0) is 15.1 Å². The first-order chi connectivity index (χ1) is 2.27. The summed E-state index contributed by atoms with van der Waals surface area (Å²) in [6.07, 6.45) is 0. The Hall–Kier alpha value is -0.640. The molecular weight excluding hydrogens is 108 g/mol. The van der Waals surface area contributed by atoms with E-state index in [4.69, 9.17) is 13.2 Å². The molecule has 4 nitrogen and oxygen atoms in total. The molecule has 0 aromatic rings. The lowest BCUT2D eigenvalue weighted by Gasteiger charge is -1.20. The first kappa shape index (κ1) is 9.03. The Morgan fingerprint density at radius 2 is 1.50 bits per heavy atom. The topological polar surface area (TPSA) is 82.7 Å². The van der Waals surface area contributed by atoms with E-state index in [2.05, 4.69) is 0 Å². The van der Waals surface area contributed by atoms with Gasteiger partial charge in [0.25, 0.3) is 5.23 Å². The summed E-state index contributed by atoms with van der Waals surface area (Å²) in [4.78, 5) is 8.77. The van der Waals surface area contributed by atoms with E-state index in [1.807, 2.05) is 0 Å². The molecular formula is CH2O4S. The highest BCUT2D eigenvalue weighted by Gasteiger charge is 1.47. The lowest BCUT2D eigenvalue weighted by molar-refractivity contribution is 0.567. The Labute approximate surface area is 35.2 Å². The molecule has 2 N–H and O–H groups in total. The molecule has 0 heterocycles. The van der Waals surface area contributed by atoms with Crippen LogP contribution in [0, 0.1) is 0 Å². The van der Waals surface area contributed by atoms with Crippen molar-refractivity contribution in [3.63, 3.8) is 0 Å². The van der Waals surface area contributed by atoms with Gasteiger partial charge in [-0.3, -0.25) is 0 Å². The second-order valence-corrected chi connectivity index (χ2v) is 0.954. The van der Waals surface area contributed by atoms with Gasteiger partial charge in [0, 0.05) is 0 Å². The Morgan fingerprint density at radius 3 is 1.50 bits per heavy atom. The summed E-state index contributed by atoms with van der Waals surface area (Å²) < 4.78 is 17.9. The van der Waals surface area contributed by atoms with Gasteiger partial charge in [0.1, 0.15) is 0 Å². The Kier molecular flexibility index (Phi) is 6.56. The van der Waals surface area contributed by atoms with Crippen molar-refractivity contribution in [3.05, 3.63) is 0 Å². The van der Waals surface area contributed by atoms with Crippen LogP contribution in [0.3, 0.4) is 0 Å². The smallest absolute Gasteiger partial charge is 0.301 e. The minimum Gasteiger partial charge on any atom is -0.412 e. The summed E-state index contributed by atoms with van der Waals surface area (Å²) in [5, 5.41) is 0.694. The molecule has 0 saturated heterocycles. The minimum atomic E-state index is -2.63. The fourth-order valence-electron chi connectivity index (χ4n) is 0. The summed E-state index contributed by atoms with van der Waals surface area (Å²) in [7, 11) is -2.63. The summed E-state index contributed by atoms with van der Waals surface area (Å²) in [5.74, 6) is 0. The monoisotopic (exact) mass is 110 g/mol. The molecule has 0 aliphatic carbocycles. The van der Waals surface area contributed by atoms with Gasteiger partial charge in [0.05, 0.1) is 0 Å². The fraction of sp³-hybridized carbons (Fsp3) is 0. The second-order valence-electron chi connectivity index (χ2n) is 0.318. The van der Waals surface area contributed by atoms with Crippen molar-refractivity contribution in [2.45, 2.75) is 0 Å². The van der Waals surface area contributed by atoms with Crippen LogP contribution in [0.4, 0.5) is 0 Å². The van der Waals surface area contributed by atoms with E-state index in [9.17, 15) is 0 Å². The first-order valence-electron chi connectivity index (χ1n) is 0.742. The molecule has 0 aromatic heterocycles. The van der Waals surface area contributed by atoms with Crippen LogP contribution in [0.25, 0.3) is 0 Å². The van der Waals surface area contributed by atoms with Crippen LogP contribution in [0.1, 0.15) is 0 Å². The molecule has 0 aliphatic rings. The van der Waals surface area contributed by atoms with E-state index in [0.29, 0.717) is 5.23 Å². The van der Waals surface area contributed by atoms with Gasteiger partial charge in [-0.2, -0.15) is 8.42 Å². The molecule has 0 radical (unpaired) electrons. The van der Waals surface area contributed by atoms with Gasteiger partial charge in [0.15, 0.2) is 0 Å². The van der Waals surface area contributed by atoms with Gasteiger partial charge < -0.3 is 5.48 Å². The molecule has 0 aliphatic heterocycles. The summed E-state index contributed by atoms with van der Waals surface area (Å²) in [6.45, 7) is 0. The fourth-order valence-corrected chi connectivity index (χ4v) is 0. The van der Waals surface area contributed by atoms with Gasteiger partial charge in [-0.05, 0) is 0 Å². The molecule has 0 amide bonds. The van der Waals surface area contributed by atoms with Crippen molar-refractivity contribution in [1.82, 2.24) is 0 Å². The van der Waals surface area contributed by atoms with Crippen molar-refractivity contribution in [1.29, 1.82) is 0 Å². The van der Waals surface area contributed by atoms with Gasteiger partial charge in [0.2, 0.25) is 0 Å². The number of hydrogen-bond acceptors (Lipinski definition) is 3. The molecule has 0 aromatic carbocycles. The van der Waals surface area contributed by atoms with Gasteiger partial charge in [-0.15, -0.1) is 0 Å². The standard InChI is InChI=1S/CO3S.H2O/c2-1-5(3)4;/h;1H2. The van der Waals surface area contributed by atoms with Crippen LogP contribution >= 0.6 is 0 Å². The summed E-state index contributed by atoms with van der Waals surface area (Å²) >= 11 is 0. The Morgan fingerprint density at radius 1 is 1.33 bits per heavy atom. The van der Waals surface area contributed by atoms with Crippen molar-refractivity contribution in [2.75, 3.05) is 0 Å². The van der Waals surface area contributed by atoms with Crippen LogP contribution < -0.4 is 0 Å². The zero-order valence-electron chi connectivity index (χ0n) is 2.63. The van der Waals surface area contributed by atoms with E-state index < -0.39 is 10.3 Å². The molecule has 6 heavy (non-hydrogen) atoms. The molecule has 36 valence electrons. The van der Waals surface area contributed by atoms with Crippen LogP contribution in [0.15, 0.2) is 0 Å². The minimum absolute atomic E-state index is 0. The zero-order chi connectivity index (χ0) is 4.28. The van der Waals surface area contributed by atoms with E-state index in [1.165, 1.54) is 0 Å². The average molecular weight is 110 g/mol. The number of hydrogen-bond donors (Lipinski definition) is 0. The van der Waals surface area contributed by atoms with Gasteiger partial charge >= 0.3 is 10.3 Å². The molecule has 0 saturated carbocycles. The molecule has 0 rings (SSSR count). The Balaban J connectivity index is 0. The lowest BCUT2D eigenvalue weighted by atomic mass is 11.9. The molecule has 0 spiro atoms. The van der Waals surface area contributed by atoms with Crippen molar-refractivity contribution >= 4 is 15.5 Å². The summed E-state index contributed by atoms with van der Waals surface area (Å²) in [5.41, 5.74) is 0. The predicted octanol–water partition coefficient (Wildman–Crippen LogP) is -1.89. The highest BCUT2D eigenvalue weighted by atomic mass is 32.2. The molecule has 0 fully saturated rings. The van der Waals surface area contributed by atoms with E-state index in [1.54, 1.807) is 0 Å². The average Bonchev–Trinajstić information content (AvgIpc) is 1.38. The molecule has 5 heteroatoms. The molecule has 0 unspecified atom stereocenters. The summed E-state index contributed by atoms with van der Waals surface area (Å²) in [6, 6.07) is 0. The largest absolute Gasteiger partial charge is 0.412 e. The second kappa shape index (κ2) is 4.36. The third-order valence-electron chi connectivity index (χ3n) is 0.0680. The first-order valence-corrected chi connectivity index (χ1v) is 1.82. The van der Waals surface area contributed by atoms with Crippen molar-refractivity contribution < 1.29 is 18.7 Å². The van der Waals surface area contributed by atoms with Crippen LogP contribution in [0.5, 0.6) is 0 Å². The third-order valence-corrected chi connectivity index (χ3v) is 0.204.